The molecular formula is C15H15NO3. The predicted octanol–water partition coefficient (Wildman–Crippen LogP) is 2.03. The summed E-state index contributed by atoms with van der Waals surface area (Å²) in [5.41, 5.74) is 2.44. The van der Waals surface area contributed by atoms with E-state index in [-0.39, 0.29) is 30.5 Å². The van der Waals surface area contributed by atoms with Crippen LogP contribution in [0.5, 0.6) is 0 Å². The van der Waals surface area contributed by atoms with Gasteiger partial charge in [0.2, 0.25) is 0 Å². The van der Waals surface area contributed by atoms with Crippen LogP contribution in [-0.4, -0.2) is 27.2 Å². The molecule has 2 N–H and O–H groups in total. The number of aliphatic hydroxyl groups excluding tert-OH is 2. The first-order valence-corrected chi connectivity index (χ1v) is 6.25. The zero-order chi connectivity index (χ0) is 13.6. The standard InChI is InChI=1S/C15H15NO3/c1-16-7-11(10-4-2-3-5-12(10)16)14-9(8-17)6-13(18)15(14)19/h2-5,7,9,17,19H,6,8H2,1H3. The van der Waals surface area contributed by atoms with E-state index in [0.717, 1.165) is 16.5 Å². The second kappa shape index (κ2) is 4.24. The summed E-state index contributed by atoms with van der Waals surface area (Å²) >= 11 is 0. The number of hydrogen-bond acceptors (Lipinski definition) is 3. The van der Waals surface area contributed by atoms with Gasteiger partial charge in [-0.15, -0.1) is 0 Å². The van der Waals surface area contributed by atoms with Gasteiger partial charge >= 0.3 is 0 Å². The van der Waals surface area contributed by atoms with Crippen molar-refractivity contribution < 1.29 is 15.0 Å². The third-order valence-electron chi connectivity index (χ3n) is 3.77. The molecule has 1 heterocycles. The maximum absolute atomic E-state index is 11.6. The highest BCUT2D eigenvalue weighted by molar-refractivity contribution is 6.09. The summed E-state index contributed by atoms with van der Waals surface area (Å²) in [5, 5.41) is 20.4. The smallest absolute Gasteiger partial charge is 0.198 e. The lowest BCUT2D eigenvalue weighted by atomic mass is 9.95. The molecule has 3 rings (SSSR count). The van der Waals surface area contributed by atoms with Gasteiger partial charge in [-0.1, -0.05) is 18.2 Å². The summed E-state index contributed by atoms with van der Waals surface area (Å²) < 4.78 is 1.96. The van der Waals surface area contributed by atoms with Gasteiger partial charge in [-0.2, -0.15) is 0 Å². The lowest BCUT2D eigenvalue weighted by Crippen LogP contribution is -2.05. The van der Waals surface area contributed by atoms with Gasteiger partial charge in [-0.3, -0.25) is 4.79 Å². The van der Waals surface area contributed by atoms with Crippen molar-refractivity contribution in [1.82, 2.24) is 4.57 Å². The van der Waals surface area contributed by atoms with E-state index in [9.17, 15) is 15.0 Å². The largest absolute Gasteiger partial charge is 0.504 e. The van der Waals surface area contributed by atoms with Crippen molar-refractivity contribution in [3.05, 3.63) is 41.8 Å². The summed E-state index contributed by atoms with van der Waals surface area (Å²) in [6.07, 6.45) is 2.08. The third-order valence-corrected chi connectivity index (χ3v) is 3.77. The molecule has 98 valence electrons. The molecule has 2 aromatic rings. The first-order chi connectivity index (χ1) is 9.13. The number of allylic oxidation sites excluding steroid dienone is 1. The molecule has 1 aliphatic rings. The van der Waals surface area contributed by atoms with E-state index in [0.29, 0.717) is 5.57 Å². The van der Waals surface area contributed by atoms with Crippen LogP contribution in [-0.2, 0) is 11.8 Å². The Morgan fingerprint density at radius 2 is 2.11 bits per heavy atom. The van der Waals surface area contributed by atoms with Gasteiger partial charge in [0.1, 0.15) is 0 Å². The van der Waals surface area contributed by atoms with Crippen LogP contribution in [0.2, 0.25) is 0 Å². The van der Waals surface area contributed by atoms with Gasteiger partial charge in [0.25, 0.3) is 0 Å². The first-order valence-electron chi connectivity index (χ1n) is 6.25. The maximum atomic E-state index is 11.6. The fourth-order valence-electron chi connectivity index (χ4n) is 2.83. The van der Waals surface area contributed by atoms with Gasteiger partial charge in [-0.25, -0.2) is 0 Å². The summed E-state index contributed by atoms with van der Waals surface area (Å²) in [5.74, 6) is -0.796. The normalized spacial score (nSPS) is 19.7. The number of nitrogens with zero attached hydrogens (tertiary/aromatic N) is 1. The quantitative estimate of drug-likeness (QED) is 0.865. The number of carbonyl (C=O) groups excluding carboxylic acids is 1. The molecule has 1 atom stereocenters. The van der Waals surface area contributed by atoms with E-state index in [1.165, 1.54) is 0 Å². The highest BCUT2D eigenvalue weighted by Crippen LogP contribution is 2.39. The first kappa shape index (κ1) is 12.0. The molecule has 0 fully saturated rings. The minimum absolute atomic E-state index is 0.131. The van der Waals surface area contributed by atoms with Gasteiger partial charge in [-0.05, 0) is 6.07 Å². The number of fused-ring (bicyclic) bond motifs is 1. The van der Waals surface area contributed by atoms with Gasteiger partial charge in [0.15, 0.2) is 11.5 Å². The van der Waals surface area contributed by atoms with Crippen LogP contribution in [0.15, 0.2) is 36.2 Å². The molecule has 1 aromatic carbocycles. The van der Waals surface area contributed by atoms with Crippen LogP contribution in [0.1, 0.15) is 12.0 Å². The molecule has 1 aliphatic carbocycles. The lowest BCUT2D eigenvalue weighted by Gasteiger charge is -2.09. The number of aromatic nitrogens is 1. The Morgan fingerprint density at radius 1 is 1.37 bits per heavy atom. The Labute approximate surface area is 110 Å². The minimum Gasteiger partial charge on any atom is -0.504 e. The summed E-state index contributed by atoms with van der Waals surface area (Å²) in [6, 6.07) is 7.82. The topological polar surface area (TPSA) is 62.5 Å². The van der Waals surface area contributed by atoms with Crippen LogP contribution < -0.4 is 0 Å². The summed E-state index contributed by atoms with van der Waals surface area (Å²) in [7, 11) is 1.92. The highest BCUT2D eigenvalue weighted by atomic mass is 16.3. The van der Waals surface area contributed by atoms with Crippen molar-refractivity contribution in [3.8, 4) is 0 Å². The van der Waals surface area contributed by atoms with Crippen molar-refractivity contribution in [2.45, 2.75) is 6.42 Å². The Balaban J connectivity index is 2.27. The molecule has 19 heavy (non-hydrogen) atoms. The number of aryl methyl sites for hydroxylation is 1. The molecule has 0 saturated heterocycles. The summed E-state index contributed by atoms with van der Waals surface area (Å²) in [6.45, 7) is -0.131. The van der Waals surface area contributed by atoms with Crippen LogP contribution >= 0.6 is 0 Å². The molecule has 0 bridgehead atoms. The van der Waals surface area contributed by atoms with Crippen LogP contribution in [0.3, 0.4) is 0 Å². The van der Waals surface area contributed by atoms with Gasteiger partial charge in [0, 0.05) is 47.6 Å². The molecule has 0 spiro atoms. The molecule has 0 amide bonds. The molecular weight excluding hydrogens is 242 g/mol. The average Bonchev–Trinajstić information content (AvgIpc) is 2.89. The van der Waals surface area contributed by atoms with E-state index in [2.05, 4.69) is 0 Å². The number of carbonyl (C=O) groups is 1. The van der Waals surface area contributed by atoms with Crippen LogP contribution in [0.25, 0.3) is 16.5 Å². The van der Waals surface area contributed by atoms with Crippen molar-refractivity contribution >= 4 is 22.3 Å². The molecule has 1 aromatic heterocycles. The van der Waals surface area contributed by atoms with Crippen LogP contribution in [0, 0.1) is 5.92 Å². The molecule has 0 aliphatic heterocycles. The van der Waals surface area contributed by atoms with Gasteiger partial charge in [0.05, 0.1) is 6.61 Å². The number of Topliss-reactive ketones (excluding diaryl/α,β-unsaturated/α-hetero) is 1. The van der Waals surface area contributed by atoms with E-state index in [4.69, 9.17) is 0 Å². The van der Waals surface area contributed by atoms with E-state index in [1.54, 1.807) is 0 Å². The van der Waals surface area contributed by atoms with Crippen LogP contribution in [0.4, 0.5) is 0 Å². The lowest BCUT2D eigenvalue weighted by molar-refractivity contribution is -0.117. The second-order valence-electron chi connectivity index (χ2n) is 4.94. The number of hydrogen-bond donors (Lipinski definition) is 2. The van der Waals surface area contributed by atoms with Crippen molar-refractivity contribution in [2.24, 2.45) is 13.0 Å². The average molecular weight is 257 g/mol. The van der Waals surface area contributed by atoms with Crippen molar-refractivity contribution in [2.75, 3.05) is 6.61 Å². The molecule has 4 heteroatoms. The van der Waals surface area contributed by atoms with E-state index < -0.39 is 0 Å². The molecule has 1 unspecified atom stereocenters. The monoisotopic (exact) mass is 257 g/mol. The number of ketones is 1. The Hall–Kier alpha value is -2.07. The van der Waals surface area contributed by atoms with Gasteiger partial charge < -0.3 is 14.8 Å². The molecule has 4 nitrogen and oxygen atoms in total. The predicted molar refractivity (Wildman–Crippen MR) is 72.7 cm³/mol. The zero-order valence-corrected chi connectivity index (χ0v) is 10.6. The maximum Gasteiger partial charge on any atom is 0.198 e. The zero-order valence-electron chi connectivity index (χ0n) is 10.6. The van der Waals surface area contributed by atoms with Crippen molar-refractivity contribution in [3.63, 3.8) is 0 Å². The number of rotatable bonds is 2. The molecule has 0 saturated carbocycles. The minimum atomic E-state index is -0.307. The summed E-state index contributed by atoms with van der Waals surface area (Å²) in [4.78, 5) is 11.6. The highest BCUT2D eigenvalue weighted by Gasteiger charge is 2.34. The number of para-hydroxylation sites is 1. The Morgan fingerprint density at radius 3 is 2.84 bits per heavy atom. The van der Waals surface area contributed by atoms with Crippen molar-refractivity contribution in [1.29, 1.82) is 0 Å². The second-order valence-corrected chi connectivity index (χ2v) is 4.94. The Bertz CT molecular complexity index is 696. The fourth-order valence-corrected chi connectivity index (χ4v) is 2.83. The fraction of sp³-hybridized carbons (Fsp3) is 0.267. The number of benzene rings is 1. The number of aliphatic hydroxyl groups is 2. The van der Waals surface area contributed by atoms with E-state index >= 15 is 0 Å². The third kappa shape index (κ3) is 1.68. The molecule has 0 radical (unpaired) electrons. The SMILES string of the molecule is Cn1cc(C2=C(O)C(=O)CC2CO)c2ccccc21. The van der Waals surface area contributed by atoms with E-state index in [1.807, 2.05) is 42.1 Å². The Kier molecular flexibility index (Phi) is 2.68.